The largest absolute Gasteiger partial charge is 0.457 e. The van der Waals surface area contributed by atoms with Crippen molar-refractivity contribution in [3.05, 3.63) is 60.2 Å². The molecule has 0 spiro atoms. The van der Waals surface area contributed by atoms with E-state index in [1.807, 2.05) is 37.3 Å². The van der Waals surface area contributed by atoms with Crippen molar-refractivity contribution in [2.75, 3.05) is 20.0 Å². The van der Waals surface area contributed by atoms with E-state index in [0.717, 1.165) is 0 Å². The van der Waals surface area contributed by atoms with Crippen LogP contribution in [0.5, 0.6) is 11.5 Å². The monoisotopic (exact) mass is 401 g/mol. The fourth-order valence-corrected chi connectivity index (χ4v) is 2.77. The molecule has 0 saturated carbocycles. The summed E-state index contributed by atoms with van der Waals surface area (Å²) >= 11 is 0. The van der Waals surface area contributed by atoms with E-state index in [9.17, 15) is 9.59 Å². The van der Waals surface area contributed by atoms with E-state index in [1.54, 1.807) is 36.7 Å². The Morgan fingerprint density at radius 3 is 2.28 bits per heavy atom. The lowest BCUT2D eigenvalue weighted by Crippen LogP contribution is -2.31. The molecule has 7 nitrogen and oxygen atoms in total. The normalized spacial score (nSPS) is 12.8. The molecule has 2 rings (SSSR count). The maximum absolute atomic E-state index is 13.0. The third-order valence-corrected chi connectivity index (χ3v) is 4.37. The van der Waals surface area contributed by atoms with E-state index in [0.29, 0.717) is 23.7 Å². The molecule has 0 fully saturated rings. The molecule has 0 aromatic heterocycles. The van der Waals surface area contributed by atoms with E-state index in [-0.39, 0.29) is 25.6 Å². The first-order valence-electron chi connectivity index (χ1n) is 9.51. The van der Waals surface area contributed by atoms with Gasteiger partial charge in [-0.25, -0.2) is 5.48 Å². The summed E-state index contributed by atoms with van der Waals surface area (Å²) in [7, 11) is 0. The summed E-state index contributed by atoms with van der Waals surface area (Å²) in [4.78, 5) is 24.6. The zero-order valence-electron chi connectivity index (χ0n) is 16.7. The zero-order valence-corrected chi connectivity index (χ0v) is 16.7. The van der Waals surface area contributed by atoms with Gasteiger partial charge >= 0.3 is 0 Å². The highest BCUT2D eigenvalue weighted by atomic mass is 16.7. The van der Waals surface area contributed by atoms with Gasteiger partial charge in [0.05, 0.1) is 6.61 Å². The molecule has 0 bridgehead atoms. The predicted molar refractivity (Wildman–Crippen MR) is 107 cm³/mol. The van der Waals surface area contributed by atoms with Crippen LogP contribution in [0.15, 0.2) is 54.6 Å². The molecule has 0 heterocycles. The molecule has 2 unspecified atom stereocenters. The standard InChI is InChI=1S/C22H27NO6/c1-3-27-15-28-14-18(13-16(2)22(25)23-26)21(24)17-9-11-20(12-10-17)29-19-7-5-4-6-8-19/h4-12,16,18,26H,3,13-15H2,1-2H3,(H,23,25). The van der Waals surface area contributed by atoms with E-state index >= 15 is 0 Å². The molecule has 7 heteroatoms. The van der Waals surface area contributed by atoms with Crippen molar-refractivity contribution in [1.29, 1.82) is 0 Å². The van der Waals surface area contributed by atoms with Gasteiger partial charge in [-0.3, -0.25) is 14.8 Å². The maximum Gasteiger partial charge on any atom is 0.246 e. The second-order valence-electron chi connectivity index (χ2n) is 6.59. The van der Waals surface area contributed by atoms with Crippen LogP contribution in [0.2, 0.25) is 0 Å². The number of hydrogen-bond donors (Lipinski definition) is 2. The number of para-hydroxylation sites is 1. The second kappa shape index (κ2) is 12.0. The summed E-state index contributed by atoms with van der Waals surface area (Å²) in [5.74, 6) is -0.471. The van der Waals surface area contributed by atoms with Crippen molar-refractivity contribution in [3.63, 3.8) is 0 Å². The molecule has 156 valence electrons. The molecule has 0 aliphatic rings. The topological polar surface area (TPSA) is 94.1 Å². The molecule has 2 atom stereocenters. The number of hydroxylamine groups is 1. The molecule has 29 heavy (non-hydrogen) atoms. The minimum atomic E-state index is -0.552. The number of benzene rings is 2. The van der Waals surface area contributed by atoms with Gasteiger partial charge in [0.25, 0.3) is 0 Å². The Hall–Kier alpha value is -2.74. The number of Topliss-reactive ketones (excluding diaryl/α,β-unsaturated/α-hetero) is 1. The SMILES string of the molecule is CCOCOCC(CC(C)C(=O)NO)C(=O)c1ccc(Oc2ccccc2)cc1. The Bertz CT molecular complexity index is 763. The molecule has 2 N–H and O–H groups in total. The molecule has 0 saturated heterocycles. The Kier molecular flexibility index (Phi) is 9.30. The Balaban J connectivity index is 2.06. The summed E-state index contributed by atoms with van der Waals surface area (Å²) in [6.45, 7) is 4.18. The zero-order chi connectivity index (χ0) is 21.1. The fraction of sp³-hybridized carbons (Fsp3) is 0.364. The lowest BCUT2D eigenvalue weighted by atomic mass is 9.89. The van der Waals surface area contributed by atoms with Crippen molar-refractivity contribution in [2.24, 2.45) is 11.8 Å². The maximum atomic E-state index is 13.0. The van der Waals surface area contributed by atoms with Crippen LogP contribution >= 0.6 is 0 Å². The van der Waals surface area contributed by atoms with Crippen molar-refractivity contribution >= 4 is 11.7 Å². The number of amides is 1. The van der Waals surface area contributed by atoms with Gasteiger partial charge in [-0.1, -0.05) is 25.1 Å². The predicted octanol–water partition coefficient (Wildman–Crippen LogP) is 3.82. The number of ether oxygens (including phenoxy) is 3. The number of carbonyl (C=O) groups excluding carboxylic acids is 2. The van der Waals surface area contributed by atoms with Crippen molar-refractivity contribution in [1.82, 2.24) is 5.48 Å². The van der Waals surface area contributed by atoms with Crippen LogP contribution in [-0.2, 0) is 14.3 Å². The third kappa shape index (κ3) is 7.30. The lowest BCUT2D eigenvalue weighted by Gasteiger charge is -2.19. The van der Waals surface area contributed by atoms with E-state index < -0.39 is 17.7 Å². The van der Waals surface area contributed by atoms with Gasteiger partial charge in [0.15, 0.2) is 5.78 Å². The number of hydrogen-bond acceptors (Lipinski definition) is 6. The van der Waals surface area contributed by atoms with Gasteiger partial charge in [-0.15, -0.1) is 0 Å². The Morgan fingerprint density at radius 1 is 1.00 bits per heavy atom. The number of nitrogens with one attached hydrogen (secondary N) is 1. The summed E-state index contributed by atoms with van der Waals surface area (Å²) < 4.78 is 16.3. The van der Waals surface area contributed by atoms with Gasteiger partial charge < -0.3 is 14.2 Å². The van der Waals surface area contributed by atoms with Crippen molar-refractivity contribution < 1.29 is 29.0 Å². The van der Waals surface area contributed by atoms with E-state index in [4.69, 9.17) is 19.4 Å². The fourth-order valence-electron chi connectivity index (χ4n) is 2.77. The number of rotatable bonds is 12. The lowest BCUT2D eigenvalue weighted by molar-refractivity contribution is -0.133. The summed E-state index contributed by atoms with van der Waals surface area (Å²) in [6, 6.07) is 16.2. The Labute approximate surface area is 170 Å². The van der Waals surface area contributed by atoms with E-state index in [1.165, 1.54) is 0 Å². The molecule has 1 amide bonds. The highest BCUT2D eigenvalue weighted by Crippen LogP contribution is 2.24. The van der Waals surface area contributed by atoms with Crippen molar-refractivity contribution in [2.45, 2.75) is 20.3 Å². The molecule has 2 aromatic carbocycles. The van der Waals surface area contributed by atoms with Gasteiger partial charge in [0.1, 0.15) is 18.3 Å². The van der Waals surface area contributed by atoms with Gasteiger partial charge in [0, 0.05) is 24.0 Å². The Morgan fingerprint density at radius 2 is 1.66 bits per heavy atom. The molecular formula is C22H27NO6. The van der Waals surface area contributed by atoms with E-state index in [2.05, 4.69) is 0 Å². The van der Waals surface area contributed by atoms with Crippen LogP contribution in [0.3, 0.4) is 0 Å². The molecule has 2 aromatic rings. The van der Waals surface area contributed by atoms with Gasteiger partial charge in [-0.05, 0) is 49.7 Å². The van der Waals surface area contributed by atoms with Crippen molar-refractivity contribution in [3.8, 4) is 11.5 Å². The second-order valence-corrected chi connectivity index (χ2v) is 6.59. The van der Waals surface area contributed by atoms with Gasteiger partial charge in [0.2, 0.25) is 5.91 Å². The first-order valence-corrected chi connectivity index (χ1v) is 9.51. The third-order valence-electron chi connectivity index (χ3n) is 4.37. The summed E-state index contributed by atoms with van der Waals surface area (Å²) in [5.41, 5.74) is 2.12. The highest BCUT2D eigenvalue weighted by Gasteiger charge is 2.26. The minimum absolute atomic E-state index is 0.0741. The minimum Gasteiger partial charge on any atom is -0.457 e. The molecule has 0 aliphatic carbocycles. The van der Waals surface area contributed by atoms with Crippen LogP contribution in [0, 0.1) is 11.8 Å². The average molecular weight is 401 g/mol. The molecule has 0 radical (unpaired) electrons. The summed E-state index contributed by atoms with van der Waals surface area (Å²) in [6.07, 6.45) is 0.236. The van der Waals surface area contributed by atoms with Crippen LogP contribution in [-0.4, -0.2) is 36.9 Å². The van der Waals surface area contributed by atoms with Crippen LogP contribution in [0.25, 0.3) is 0 Å². The first kappa shape index (κ1) is 22.5. The average Bonchev–Trinajstić information content (AvgIpc) is 2.76. The quantitative estimate of drug-likeness (QED) is 0.185. The highest BCUT2D eigenvalue weighted by molar-refractivity contribution is 5.98. The summed E-state index contributed by atoms with van der Waals surface area (Å²) in [5, 5.41) is 8.82. The molecular weight excluding hydrogens is 374 g/mol. The number of ketones is 1. The smallest absolute Gasteiger partial charge is 0.246 e. The number of carbonyl (C=O) groups is 2. The van der Waals surface area contributed by atoms with Crippen LogP contribution < -0.4 is 10.2 Å². The first-order chi connectivity index (χ1) is 14.0. The molecule has 0 aliphatic heterocycles. The van der Waals surface area contributed by atoms with Gasteiger partial charge in [-0.2, -0.15) is 0 Å². The van der Waals surface area contributed by atoms with Crippen LogP contribution in [0.4, 0.5) is 0 Å². The van der Waals surface area contributed by atoms with Crippen LogP contribution in [0.1, 0.15) is 30.6 Å².